The van der Waals surface area contributed by atoms with Gasteiger partial charge in [0.15, 0.2) is 0 Å². The van der Waals surface area contributed by atoms with E-state index in [-0.39, 0.29) is 6.04 Å². The van der Waals surface area contributed by atoms with Crippen LogP contribution in [0.15, 0.2) is 24.3 Å². The number of hydrogen-bond acceptors (Lipinski definition) is 2. The van der Waals surface area contributed by atoms with Crippen molar-refractivity contribution < 1.29 is 14.3 Å². The quantitative estimate of drug-likeness (QED) is 0.821. The first-order valence-corrected chi connectivity index (χ1v) is 5.41. The lowest BCUT2D eigenvalue weighted by atomic mass is 9.91. The van der Waals surface area contributed by atoms with Crippen molar-refractivity contribution in [3.8, 4) is 0 Å². The van der Waals surface area contributed by atoms with E-state index >= 15 is 0 Å². The van der Waals surface area contributed by atoms with Gasteiger partial charge in [0.05, 0.1) is 0 Å². The molecular weight excluding hydrogens is 209 g/mol. The predicted molar refractivity (Wildman–Crippen MR) is 57.6 cm³/mol. The molecule has 1 aliphatic rings. The molecule has 1 atom stereocenters. The van der Waals surface area contributed by atoms with Crippen molar-refractivity contribution >= 4 is 5.97 Å². The van der Waals surface area contributed by atoms with E-state index in [0.29, 0.717) is 5.56 Å². The number of nitrogens with one attached hydrogen (secondary N) is 1. The minimum atomic E-state index is -0.961. The maximum atomic E-state index is 13.0. The fourth-order valence-electron chi connectivity index (χ4n) is 1.81. The molecule has 2 rings (SSSR count). The SMILES string of the molecule is O=C(O)C(NC1CCC1)c1cccc(F)c1. The Bertz CT molecular complexity index is 390. The number of benzene rings is 1. The molecule has 1 aromatic rings. The van der Waals surface area contributed by atoms with Crippen LogP contribution in [0.3, 0.4) is 0 Å². The predicted octanol–water partition coefficient (Wildman–Crippen LogP) is 2.09. The second kappa shape index (κ2) is 4.61. The van der Waals surface area contributed by atoms with Crippen molar-refractivity contribution in [2.45, 2.75) is 31.3 Å². The molecule has 1 aliphatic carbocycles. The van der Waals surface area contributed by atoms with Crippen LogP contribution < -0.4 is 5.32 Å². The largest absolute Gasteiger partial charge is 0.480 e. The molecule has 0 spiro atoms. The zero-order valence-electron chi connectivity index (χ0n) is 8.82. The summed E-state index contributed by atoms with van der Waals surface area (Å²) in [7, 11) is 0. The van der Waals surface area contributed by atoms with Crippen molar-refractivity contribution in [1.29, 1.82) is 0 Å². The Morgan fingerprint density at radius 1 is 1.50 bits per heavy atom. The van der Waals surface area contributed by atoms with E-state index in [4.69, 9.17) is 5.11 Å². The van der Waals surface area contributed by atoms with E-state index in [1.807, 2.05) is 0 Å². The summed E-state index contributed by atoms with van der Waals surface area (Å²) in [4.78, 5) is 11.1. The molecule has 1 aromatic carbocycles. The number of rotatable bonds is 4. The zero-order chi connectivity index (χ0) is 11.5. The Morgan fingerprint density at radius 3 is 2.75 bits per heavy atom. The van der Waals surface area contributed by atoms with Crippen LogP contribution in [0.2, 0.25) is 0 Å². The van der Waals surface area contributed by atoms with E-state index in [9.17, 15) is 9.18 Å². The average Bonchev–Trinajstić information content (AvgIpc) is 2.15. The van der Waals surface area contributed by atoms with Crippen molar-refractivity contribution in [1.82, 2.24) is 5.32 Å². The minimum Gasteiger partial charge on any atom is -0.480 e. The Labute approximate surface area is 93.3 Å². The van der Waals surface area contributed by atoms with Crippen LogP contribution in [0.5, 0.6) is 0 Å². The Hall–Kier alpha value is -1.42. The Kier molecular flexibility index (Phi) is 3.19. The van der Waals surface area contributed by atoms with Crippen LogP contribution in [0, 0.1) is 5.82 Å². The molecule has 16 heavy (non-hydrogen) atoms. The summed E-state index contributed by atoms with van der Waals surface area (Å²) in [5, 5.41) is 12.1. The number of carbonyl (C=O) groups is 1. The summed E-state index contributed by atoms with van der Waals surface area (Å²) in [6, 6.07) is 5.19. The van der Waals surface area contributed by atoms with Gasteiger partial charge < -0.3 is 5.11 Å². The smallest absolute Gasteiger partial charge is 0.325 e. The molecule has 0 radical (unpaired) electrons. The van der Waals surface area contributed by atoms with Crippen molar-refractivity contribution in [2.24, 2.45) is 0 Å². The number of carboxylic acids is 1. The summed E-state index contributed by atoms with van der Waals surface area (Å²) >= 11 is 0. The summed E-state index contributed by atoms with van der Waals surface area (Å²) in [5.74, 6) is -1.36. The summed E-state index contributed by atoms with van der Waals surface area (Å²) in [6.07, 6.45) is 3.13. The van der Waals surface area contributed by atoms with Gasteiger partial charge in [-0.25, -0.2) is 4.39 Å². The average molecular weight is 223 g/mol. The Morgan fingerprint density at radius 2 is 2.25 bits per heavy atom. The summed E-state index contributed by atoms with van der Waals surface area (Å²) in [6.45, 7) is 0. The highest BCUT2D eigenvalue weighted by molar-refractivity contribution is 5.75. The lowest BCUT2D eigenvalue weighted by Crippen LogP contribution is -2.41. The molecule has 1 unspecified atom stereocenters. The molecule has 2 N–H and O–H groups in total. The fourth-order valence-corrected chi connectivity index (χ4v) is 1.81. The lowest BCUT2D eigenvalue weighted by Gasteiger charge is -2.30. The molecule has 1 saturated carbocycles. The molecule has 0 saturated heterocycles. The van der Waals surface area contributed by atoms with Gasteiger partial charge in [-0.2, -0.15) is 0 Å². The van der Waals surface area contributed by atoms with Crippen molar-refractivity contribution in [3.63, 3.8) is 0 Å². The standard InChI is InChI=1S/C12H14FNO2/c13-9-4-1-3-8(7-9)11(12(15)16)14-10-5-2-6-10/h1,3-4,7,10-11,14H,2,5-6H2,(H,15,16). The van der Waals surface area contributed by atoms with Crippen LogP contribution in [0.1, 0.15) is 30.9 Å². The van der Waals surface area contributed by atoms with E-state index in [0.717, 1.165) is 19.3 Å². The lowest BCUT2D eigenvalue weighted by molar-refractivity contribution is -0.140. The van der Waals surface area contributed by atoms with Crippen molar-refractivity contribution in [3.05, 3.63) is 35.6 Å². The molecule has 0 heterocycles. The Balaban J connectivity index is 2.14. The van der Waals surface area contributed by atoms with Gasteiger partial charge in [-0.1, -0.05) is 18.6 Å². The fraction of sp³-hybridized carbons (Fsp3) is 0.417. The summed E-state index contributed by atoms with van der Waals surface area (Å²) in [5.41, 5.74) is 0.472. The maximum Gasteiger partial charge on any atom is 0.325 e. The van der Waals surface area contributed by atoms with Crippen molar-refractivity contribution in [2.75, 3.05) is 0 Å². The molecule has 1 fully saturated rings. The van der Waals surface area contributed by atoms with Gasteiger partial charge >= 0.3 is 5.97 Å². The number of halogens is 1. The van der Waals surface area contributed by atoms with Gasteiger partial charge in [0.1, 0.15) is 11.9 Å². The third-order valence-electron chi connectivity index (χ3n) is 2.94. The molecule has 0 amide bonds. The number of hydrogen-bond donors (Lipinski definition) is 2. The maximum absolute atomic E-state index is 13.0. The first-order valence-electron chi connectivity index (χ1n) is 5.41. The highest BCUT2D eigenvalue weighted by atomic mass is 19.1. The van der Waals surface area contributed by atoms with Gasteiger partial charge in [-0.3, -0.25) is 10.1 Å². The summed E-state index contributed by atoms with van der Waals surface area (Å²) < 4.78 is 13.0. The third kappa shape index (κ3) is 2.39. The molecular formula is C12H14FNO2. The molecule has 3 nitrogen and oxygen atoms in total. The van der Waals surface area contributed by atoms with Gasteiger partial charge in [0, 0.05) is 6.04 Å². The monoisotopic (exact) mass is 223 g/mol. The molecule has 86 valence electrons. The first-order chi connectivity index (χ1) is 7.66. The van der Waals surface area contributed by atoms with Gasteiger partial charge in [-0.05, 0) is 30.5 Å². The van der Waals surface area contributed by atoms with Crippen LogP contribution in [-0.2, 0) is 4.79 Å². The highest BCUT2D eigenvalue weighted by Crippen LogP contribution is 2.23. The molecule has 0 bridgehead atoms. The topological polar surface area (TPSA) is 49.3 Å². The second-order valence-corrected chi connectivity index (χ2v) is 4.12. The number of aliphatic carboxylic acids is 1. The van der Waals surface area contributed by atoms with Gasteiger partial charge in [0.25, 0.3) is 0 Å². The van der Waals surface area contributed by atoms with Gasteiger partial charge in [0.2, 0.25) is 0 Å². The van der Waals surface area contributed by atoms with E-state index in [1.165, 1.54) is 18.2 Å². The highest BCUT2D eigenvalue weighted by Gasteiger charge is 2.26. The van der Waals surface area contributed by atoms with Gasteiger partial charge in [-0.15, -0.1) is 0 Å². The van der Waals surface area contributed by atoms with Crippen LogP contribution in [0.4, 0.5) is 4.39 Å². The van der Waals surface area contributed by atoms with Crippen LogP contribution in [0.25, 0.3) is 0 Å². The first kappa shape index (κ1) is 11.1. The molecule has 4 heteroatoms. The minimum absolute atomic E-state index is 0.254. The molecule has 0 aromatic heterocycles. The van der Waals surface area contributed by atoms with E-state index < -0.39 is 17.8 Å². The van der Waals surface area contributed by atoms with E-state index in [1.54, 1.807) is 6.07 Å². The molecule has 0 aliphatic heterocycles. The zero-order valence-corrected chi connectivity index (χ0v) is 8.82. The van der Waals surface area contributed by atoms with Crippen LogP contribution in [-0.4, -0.2) is 17.1 Å². The van der Waals surface area contributed by atoms with Crippen LogP contribution >= 0.6 is 0 Å². The third-order valence-corrected chi connectivity index (χ3v) is 2.94. The normalized spacial score (nSPS) is 17.8. The second-order valence-electron chi connectivity index (χ2n) is 4.12. The number of carboxylic acid groups (broad SMARTS) is 1. The van der Waals surface area contributed by atoms with E-state index in [2.05, 4.69) is 5.32 Å².